The number of piperidine rings is 1. The van der Waals surface area contributed by atoms with Crippen LogP contribution in [0.3, 0.4) is 0 Å². The summed E-state index contributed by atoms with van der Waals surface area (Å²) in [6.45, 7) is 4.04. The Morgan fingerprint density at radius 1 is 1.28 bits per heavy atom. The Morgan fingerprint density at radius 2 is 2.08 bits per heavy atom. The maximum absolute atomic E-state index is 13.1. The van der Waals surface area contributed by atoms with Crippen LogP contribution < -0.4 is 10.2 Å². The number of aromatic nitrogens is 2. The van der Waals surface area contributed by atoms with Gasteiger partial charge < -0.3 is 19.9 Å². The first kappa shape index (κ1) is 16.5. The SMILES string of the molecule is O=C(NC1CC1)N1CCC[C@@]2(COCCN(c3ncc(F)cn3)C2)C1. The lowest BCUT2D eigenvalue weighted by molar-refractivity contribution is 0.0243. The van der Waals surface area contributed by atoms with Crippen LogP contribution in [0, 0.1) is 11.2 Å². The van der Waals surface area contributed by atoms with E-state index in [0.29, 0.717) is 44.8 Å². The van der Waals surface area contributed by atoms with E-state index in [0.717, 1.165) is 32.2 Å². The number of nitrogens with one attached hydrogen (secondary N) is 1. The molecule has 1 spiro atoms. The van der Waals surface area contributed by atoms with Gasteiger partial charge in [0.2, 0.25) is 5.95 Å². The third-order valence-corrected chi connectivity index (χ3v) is 5.18. The van der Waals surface area contributed by atoms with Crippen LogP contribution in [0.15, 0.2) is 12.4 Å². The van der Waals surface area contributed by atoms with Gasteiger partial charge in [-0.2, -0.15) is 0 Å². The molecule has 1 saturated carbocycles. The molecule has 0 aromatic carbocycles. The van der Waals surface area contributed by atoms with E-state index in [1.807, 2.05) is 4.90 Å². The highest BCUT2D eigenvalue weighted by Crippen LogP contribution is 2.34. The Kier molecular flexibility index (Phi) is 4.45. The van der Waals surface area contributed by atoms with Gasteiger partial charge in [0, 0.05) is 37.6 Å². The van der Waals surface area contributed by atoms with Gasteiger partial charge in [0.25, 0.3) is 0 Å². The fourth-order valence-electron chi connectivity index (χ4n) is 3.75. The second-order valence-electron chi connectivity index (χ2n) is 7.42. The Labute approximate surface area is 146 Å². The second-order valence-corrected chi connectivity index (χ2v) is 7.42. The van der Waals surface area contributed by atoms with Crippen LogP contribution in [-0.2, 0) is 4.74 Å². The van der Waals surface area contributed by atoms with Crippen molar-refractivity contribution in [1.82, 2.24) is 20.2 Å². The molecule has 7 nitrogen and oxygen atoms in total. The van der Waals surface area contributed by atoms with Crippen LogP contribution in [0.2, 0.25) is 0 Å². The monoisotopic (exact) mass is 349 g/mol. The molecule has 1 aromatic heterocycles. The highest BCUT2D eigenvalue weighted by atomic mass is 19.1. The number of nitrogens with zero attached hydrogens (tertiary/aromatic N) is 4. The highest BCUT2D eigenvalue weighted by molar-refractivity contribution is 5.75. The molecule has 1 aliphatic carbocycles. The smallest absolute Gasteiger partial charge is 0.317 e. The molecule has 1 aromatic rings. The molecule has 3 heterocycles. The van der Waals surface area contributed by atoms with Crippen molar-refractivity contribution in [2.75, 3.05) is 44.3 Å². The van der Waals surface area contributed by atoms with E-state index in [1.165, 1.54) is 12.4 Å². The highest BCUT2D eigenvalue weighted by Gasteiger charge is 2.41. The summed E-state index contributed by atoms with van der Waals surface area (Å²) in [7, 11) is 0. The average molecular weight is 349 g/mol. The molecule has 2 saturated heterocycles. The summed E-state index contributed by atoms with van der Waals surface area (Å²) in [5, 5.41) is 3.08. The summed E-state index contributed by atoms with van der Waals surface area (Å²) in [5.74, 6) is 0.0796. The summed E-state index contributed by atoms with van der Waals surface area (Å²) in [5.41, 5.74) is -0.132. The average Bonchev–Trinajstić information content (AvgIpc) is 3.44. The van der Waals surface area contributed by atoms with E-state index in [2.05, 4.69) is 20.2 Å². The molecule has 136 valence electrons. The minimum absolute atomic E-state index is 0.0374. The minimum Gasteiger partial charge on any atom is -0.379 e. The largest absolute Gasteiger partial charge is 0.379 e. The Hall–Kier alpha value is -1.96. The fraction of sp³-hybridized carbons (Fsp3) is 0.706. The van der Waals surface area contributed by atoms with Gasteiger partial charge in [-0.05, 0) is 25.7 Å². The van der Waals surface area contributed by atoms with Gasteiger partial charge in [-0.25, -0.2) is 19.2 Å². The topological polar surface area (TPSA) is 70.6 Å². The van der Waals surface area contributed by atoms with Crippen molar-refractivity contribution < 1.29 is 13.9 Å². The molecule has 25 heavy (non-hydrogen) atoms. The quantitative estimate of drug-likeness (QED) is 0.874. The molecule has 1 atom stereocenters. The van der Waals surface area contributed by atoms with Gasteiger partial charge in [-0.3, -0.25) is 0 Å². The molecule has 1 N–H and O–H groups in total. The van der Waals surface area contributed by atoms with Gasteiger partial charge in [0.15, 0.2) is 5.82 Å². The summed E-state index contributed by atoms with van der Waals surface area (Å²) >= 11 is 0. The van der Waals surface area contributed by atoms with Crippen LogP contribution >= 0.6 is 0 Å². The molecular formula is C17H24FN5O2. The normalized spacial score (nSPS) is 27.2. The molecule has 0 radical (unpaired) electrons. The third-order valence-electron chi connectivity index (χ3n) is 5.18. The van der Waals surface area contributed by atoms with Gasteiger partial charge in [-0.15, -0.1) is 0 Å². The zero-order valence-corrected chi connectivity index (χ0v) is 14.3. The molecule has 3 fully saturated rings. The Balaban J connectivity index is 1.48. The maximum Gasteiger partial charge on any atom is 0.317 e. The number of hydrogen-bond acceptors (Lipinski definition) is 5. The number of hydrogen-bond donors (Lipinski definition) is 1. The summed E-state index contributed by atoms with van der Waals surface area (Å²) < 4.78 is 19.0. The summed E-state index contributed by atoms with van der Waals surface area (Å²) in [6, 6.07) is 0.398. The van der Waals surface area contributed by atoms with Crippen molar-refractivity contribution >= 4 is 12.0 Å². The number of ether oxygens (including phenoxy) is 1. The van der Waals surface area contributed by atoms with Crippen molar-refractivity contribution in [3.63, 3.8) is 0 Å². The van der Waals surface area contributed by atoms with Gasteiger partial charge in [-0.1, -0.05) is 0 Å². The van der Waals surface area contributed by atoms with Crippen molar-refractivity contribution in [3.05, 3.63) is 18.2 Å². The molecular weight excluding hydrogens is 325 g/mol. The van der Waals surface area contributed by atoms with Crippen LogP contribution in [0.5, 0.6) is 0 Å². The predicted molar refractivity (Wildman–Crippen MR) is 89.8 cm³/mol. The molecule has 3 aliphatic rings. The van der Waals surface area contributed by atoms with Crippen LogP contribution in [0.4, 0.5) is 15.1 Å². The second kappa shape index (κ2) is 6.74. The molecule has 0 unspecified atom stereocenters. The first-order valence-electron chi connectivity index (χ1n) is 8.99. The lowest BCUT2D eigenvalue weighted by atomic mass is 9.80. The van der Waals surface area contributed by atoms with Crippen molar-refractivity contribution in [3.8, 4) is 0 Å². The maximum atomic E-state index is 13.1. The van der Waals surface area contributed by atoms with Crippen LogP contribution in [-0.4, -0.2) is 66.3 Å². The standard InChI is InChI=1S/C17H24FN5O2/c18-13-8-19-15(20-9-13)22-6-7-25-12-17(10-22)4-1-5-23(11-17)16(24)21-14-2-3-14/h8-9,14H,1-7,10-12H2,(H,21,24)/t17-/m0/s1. The van der Waals surface area contributed by atoms with E-state index in [1.54, 1.807) is 0 Å². The number of likely N-dealkylation sites (tertiary alicyclic amines) is 1. The van der Waals surface area contributed by atoms with Crippen molar-refractivity contribution in [2.45, 2.75) is 31.7 Å². The van der Waals surface area contributed by atoms with Crippen LogP contribution in [0.25, 0.3) is 0 Å². The molecule has 8 heteroatoms. The minimum atomic E-state index is -0.440. The number of halogens is 1. The number of carbonyl (C=O) groups excluding carboxylic acids is 1. The predicted octanol–water partition coefficient (Wildman–Crippen LogP) is 1.41. The Bertz CT molecular complexity index is 624. The van der Waals surface area contributed by atoms with Crippen molar-refractivity contribution in [2.24, 2.45) is 5.41 Å². The third kappa shape index (κ3) is 3.84. The molecule has 2 aliphatic heterocycles. The zero-order valence-electron chi connectivity index (χ0n) is 14.3. The van der Waals surface area contributed by atoms with Gasteiger partial charge in [0.1, 0.15) is 0 Å². The van der Waals surface area contributed by atoms with E-state index in [9.17, 15) is 9.18 Å². The number of urea groups is 1. The molecule has 2 amide bonds. The number of carbonyl (C=O) groups is 1. The number of amides is 2. The van der Waals surface area contributed by atoms with Crippen LogP contribution in [0.1, 0.15) is 25.7 Å². The fourth-order valence-corrected chi connectivity index (χ4v) is 3.75. The Morgan fingerprint density at radius 3 is 2.84 bits per heavy atom. The summed E-state index contributed by atoms with van der Waals surface area (Å²) in [6.07, 6.45) is 6.51. The van der Waals surface area contributed by atoms with E-state index in [4.69, 9.17) is 4.74 Å². The lowest BCUT2D eigenvalue weighted by Gasteiger charge is -2.43. The van der Waals surface area contributed by atoms with Gasteiger partial charge in [0.05, 0.1) is 25.6 Å². The van der Waals surface area contributed by atoms with E-state index >= 15 is 0 Å². The van der Waals surface area contributed by atoms with E-state index < -0.39 is 5.82 Å². The first-order chi connectivity index (χ1) is 12.1. The summed E-state index contributed by atoms with van der Waals surface area (Å²) in [4.78, 5) is 24.6. The molecule has 0 bridgehead atoms. The first-order valence-corrected chi connectivity index (χ1v) is 8.99. The zero-order chi connectivity index (χ0) is 17.3. The van der Waals surface area contributed by atoms with Gasteiger partial charge >= 0.3 is 6.03 Å². The number of anilines is 1. The number of rotatable bonds is 2. The van der Waals surface area contributed by atoms with Crippen molar-refractivity contribution in [1.29, 1.82) is 0 Å². The van der Waals surface area contributed by atoms with E-state index in [-0.39, 0.29) is 11.4 Å². The lowest BCUT2D eigenvalue weighted by Crippen LogP contribution is -2.54. The molecule has 4 rings (SSSR count).